The van der Waals surface area contributed by atoms with Gasteiger partial charge in [-0.05, 0) is 48.5 Å². The Hall–Kier alpha value is -1.93. The first-order valence-corrected chi connectivity index (χ1v) is 10.3. The lowest BCUT2D eigenvalue weighted by molar-refractivity contribution is 0.255. The molecule has 25 heavy (non-hydrogen) atoms. The Balaban J connectivity index is 1.79. The number of hydrogen-bond acceptors (Lipinski definition) is 3. The molecule has 8 heteroatoms. The number of amides is 2. The van der Waals surface area contributed by atoms with Crippen molar-refractivity contribution in [3.63, 3.8) is 0 Å². The highest BCUT2D eigenvalue weighted by Gasteiger charge is 2.54. The smallest absolute Gasteiger partial charge is 0.288 e. The Kier molecular flexibility index (Phi) is 3.84. The molecule has 0 bridgehead atoms. The van der Waals surface area contributed by atoms with Gasteiger partial charge in [0.15, 0.2) is 9.84 Å². The Morgan fingerprint density at radius 3 is 1.80 bits per heavy atom. The first-order chi connectivity index (χ1) is 11.9. The van der Waals surface area contributed by atoms with Crippen molar-refractivity contribution in [2.45, 2.75) is 12.1 Å². The summed E-state index contributed by atoms with van der Waals surface area (Å²) in [6, 6.07) is 11.5. The fourth-order valence-corrected chi connectivity index (χ4v) is 5.69. The van der Waals surface area contributed by atoms with Gasteiger partial charge in [0.1, 0.15) is 5.82 Å². The van der Waals surface area contributed by atoms with E-state index in [4.69, 9.17) is 0 Å². The second kappa shape index (κ2) is 5.81. The van der Waals surface area contributed by atoms with E-state index in [1.807, 2.05) is 12.1 Å². The van der Waals surface area contributed by atoms with Gasteiger partial charge in [0.25, 0.3) is 0 Å². The average Bonchev–Trinajstić information content (AvgIpc) is 2.99. The summed E-state index contributed by atoms with van der Waals surface area (Å²) < 4.78 is 38.5. The fourth-order valence-electron chi connectivity index (χ4n) is 3.51. The lowest BCUT2D eigenvalue weighted by Gasteiger charge is -2.22. The van der Waals surface area contributed by atoms with E-state index in [9.17, 15) is 17.6 Å². The molecular formula is C17H14BrFN2O3S. The van der Waals surface area contributed by atoms with Gasteiger partial charge in [0, 0.05) is 15.8 Å². The zero-order valence-corrected chi connectivity index (χ0v) is 15.4. The van der Waals surface area contributed by atoms with Crippen molar-refractivity contribution in [1.82, 2.24) is 0 Å². The van der Waals surface area contributed by atoms with E-state index in [1.54, 1.807) is 12.1 Å². The Bertz CT molecular complexity index is 862. The summed E-state index contributed by atoms with van der Waals surface area (Å²) in [5, 5.41) is 0. The topological polar surface area (TPSA) is 57.7 Å². The molecule has 130 valence electrons. The average molecular weight is 425 g/mol. The molecule has 2 amide bonds. The molecule has 0 N–H and O–H groups in total. The molecule has 4 rings (SSSR count). The van der Waals surface area contributed by atoms with Crippen molar-refractivity contribution < 1.29 is 17.6 Å². The zero-order valence-electron chi connectivity index (χ0n) is 13.0. The maximum absolute atomic E-state index is 13.2. The van der Waals surface area contributed by atoms with E-state index >= 15 is 0 Å². The van der Waals surface area contributed by atoms with Crippen LogP contribution in [0.2, 0.25) is 0 Å². The second-order valence-corrected chi connectivity index (χ2v) is 9.26. The van der Waals surface area contributed by atoms with Crippen LogP contribution in [0.25, 0.3) is 0 Å². The predicted octanol–water partition coefficient (Wildman–Crippen LogP) is 3.20. The fraction of sp³-hybridized carbons (Fsp3) is 0.235. The molecule has 2 saturated heterocycles. The van der Waals surface area contributed by atoms with Gasteiger partial charge < -0.3 is 0 Å². The minimum atomic E-state index is -3.25. The van der Waals surface area contributed by atoms with Gasteiger partial charge in [-0.3, -0.25) is 9.80 Å². The lowest BCUT2D eigenvalue weighted by atomic mass is 10.1. The molecule has 2 fully saturated rings. The van der Waals surface area contributed by atoms with Crippen molar-refractivity contribution >= 4 is 43.2 Å². The van der Waals surface area contributed by atoms with Gasteiger partial charge >= 0.3 is 6.03 Å². The summed E-state index contributed by atoms with van der Waals surface area (Å²) in [7, 11) is -3.25. The largest absolute Gasteiger partial charge is 0.329 e. The first kappa shape index (κ1) is 16.5. The third kappa shape index (κ3) is 2.83. The van der Waals surface area contributed by atoms with Gasteiger partial charge in [-0.25, -0.2) is 17.6 Å². The number of sulfone groups is 1. The SMILES string of the molecule is O=C1N(c2ccc(F)cc2)C2CS(=O)(=O)CC2N1c1ccc(Br)cc1. The lowest BCUT2D eigenvalue weighted by Crippen LogP contribution is -2.37. The minimum Gasteiger partial charge on any atom is -0.288 e. The van der Waals surface area contributed by atoms with E-state index in [0.717, 1.165) is 4.47 Å². The van der Waals surface area contributed by atoms with Crippen molar-refractivity contribution in [2.75, 3.05) is 21.3 Å². The van der Waals surface area contributed by atoms with Crippen LogP contribution in [0.15, 0.2) is 53.0 Å². The highest BCUT2D eigenvalue weighted by atomic mass is 79.9. The third-order valence-corrected chi connectivity index (χ3v) is 6.81. The molecule has 2 aromatic rings. The molecule has 0 aromatic heterocycles. The van der Waals surface area contributed by atoms with Crippen LogP contribution in [0.3, 0.4) is 0 Å². The molecule has 2 atom stereocenters. The van der Waals surface area contributed by atoms with Crippen LogP contribution in [0.5, 0.6) is 0 Å². The summed E-state index contributed by atoms with van der Waals surface area (Å²) in [6.07, 6.45) is 0. The van der Waals surface area contributed by atoms with E-state index in [0.29, 0.717) is 11.4 Å². The van der Waals surface area contributed by atoms with Gasteiger partial charge in [-0.1, -0.05) is 15.9 Å². The summed E-state index contributed by atoms with van der Waals surface area (Å²) in [6.45, 7) is 0. The van der Waals surface area contributed by atoms with Crippen LogP contribution in [0.4, 0.5) is 20.6 Å². The number of fused-ring (bicyclic) bond motifs is 1. The number of rotatable bonds is 2. The molecule has 0 radical (unpaired) electrons. The molecule has 5 nitrogen and oxygen atoms in total. The summed E-state index contributed by atoms with van der Waals surface area (Å²) in [5.74, 6) is -0.568. The second-order valence-electron chi connectivity index (χ2n) is 6.19. The highest BCUT2D eigenvalue weighted by Crippen LogP contribution is 2.38. The molecule has 0 saturated carbocycles. The summed E-state index contributed by atoms with van der Waals surface area (Å²) >= 11 is 3.35. The maximum Gasteiger partial charge on any atom is 0.329 e. The number of nitrogens with zero attached hydrogens (tertiary/aromatic N) is 2. The Morgan fingerprint density at radius 1 is 0.880 bits per heavy atom. The van der Waals surface area contributed by atoms with Crippen molar-refractivity contribution in [3.8, 4) is 0 Å². The third-order valence-electron chi connectivity index (χ3n) is 4.58. The van der Waals surface area contributed by atoms with Crippen molar-refractivity contribution in [2.24, 2.45) is 0 Å². The number of urea groups is 1. The number of anilines is 2. The molecule has 2 unspecified atom stereocenters. The van der Waals surface area contributed by atoms with E-state index in [2.05, 4.69) is 15.9 Å². The summed E-state index contributed by atoms with van der Waals surface area (Å²) in [5.41, 5.74) is 1.14. The van der Waals surface area contributed by atoms with Gasteiger partial charge in [-0.15, -0.1) is 0 Å². The van der Waals surface area contributed by atoms with Crippen molar-refractivity contribution in [1.29, 1.82) is 0 Å². The number of carbonyl (C=O) groups is 1. The van der Waals surface area contributed by atoms with E-state index < -0.39 is 27.7 Å². The Labute approximate surface area is 153 Å². The molecular weight excluding hydrogens is 411 g/mol. The number of benzene rings is 2. The number of hydrogen-bond donors (Lipinski definition) is 0. The van der Waals surface area contributed by atoms with Gasteiger partial charge in [-0.2, -0.15) is 0 Å². The quantitative estimate of drug-likeness (QED) is 0.695. The molecule has 2 aromatic carbocycles. The first-order valence-electron chi connectivity index (χ1n) is 7.70. The summed E-state index contributed by atoms with van der Waals surface area (Å²) in [4.78, 5) is 16.1. The monoisotopic (exact) mass is 424 g/mol. The van der Waals surface area contributed by atoms with Gasteiger partial charge in [0.2, 0.25) is 0 Å². The van der Waals surface area contributed by atoms with E-state index in [-0.39, 0.29) is 17.5 Å². The van der Waals surface area contributed by atoms with Crippen LogP contribution >= 0.6 is 15.9 Å². The molecule has 0 spiro atoms. The van der Waals surface area contributed by atoms with Crippen LogP contribution in [0.1, 0.15) is 0 Å². The van der Waals surface area contributed by atoms with Crippen molar-refractivity contribution in [3.05, 3.63) is 58.8 Å². The predicted molar refractivity (Wildman–Crippen MR) is 97.1 cm³/mol. The normalized spacial score (nSPS) is 24.6. The number of carbonyl (C=O) groups excluding carboxylic acids is 1. The molecule has 2 aliphatic rings. The maximum atomic E-state index is 13.2. The van der Waals surface area contributed by atoms with Gasteiger partial charge in [0.05, 0.1) is 23.6 Å². The van der Waals surface area contributed by atoms with Crippen LogP contribution in [-0.4, -0.2) is 38.0 Å². The molecule has 2 heterocycles. The number of halogens is 2. The standard InChI is InChI=1S/C17H14BrFN2O3S/c18-11-1-5-13(6-2-11)20-15-9-25(23,24)10-16(15)21(17(20)22)14-7-3-12(19)4-8-14/h1-8,15-16H,9-10H2. The Morgan fingerprint density at radius 2 is 1.32 bits per heavy atom. The highest BCUT2D eigenvalue weighted by molar-refractivity contribution is 9.10. The molecule has 2 aliphatic heterocycles. The van der Waals surface area contributed by atoms with Crippen LogP contribution in [0, 0.1) is 5.82 Å². The van der Waals surface area contributed by atoms with Crippen LogP contribution in [-0.2, 0) is 9.84 Å². The molecule has 0 aliphatic carbocycles. The zero-order chi connectivity index (χ0) is 17.8. The van der Waals surface area contributed by atoms with Crippen LogP contribution < -0.4 is 9.80 Å². The van der Waals surface area contributed by atoms with E-state index in [1.165, 1.54) is 34.1 Å². The minimum absolute atomic E-state index is 0.0723.